The number of nitrogens with one attached hydrogen (secondary N) is 1. The summed E-state index contributed by atoms with van der Waals surface area (Å²) in [5.41, 5.74) is 8.61. The molecule has 1 amide bonds. The van der Waals surface area contributed by atoms with Crippen molar-refractivity contribution in [2.75, 3.05) is 20.1 Å². The van der Waals surface area contributed by atoms with Crippen LogP contribution in [0, 0.1) is 0 Å². The highest BCUT2D eigenvalue weighted by Gasteiger charge is 2.31. The normalized spacial score (nSPS) is 22.0. The second kappa shape index (κ2) is 5.50. The summed E-state index contributed by atoms with van der Waals surface area (Å²) in [6, 6.07) is 8.58. The number of hydrogen-bond acceptors (Lipinski definition) is 3. The van der Waals surface area contributed by atoms with Crippen LogP contribution in [0.5, 0.6) is 0 Å². The molecule has 1 aromatic carbocycles. The summed E-state index contributed by atoms with van der Waals surface area (Å²) in [6.45, 7) is 3.02. The summed E-state index contributed by atoms with van der Waals surface area (Å²) < 4.78 is 0. The number of likely N-dealkylation sites (N-methyl/N-ethyl adjacent to an activating group) is 2. The molecule has 4 heteroatoms. The smallest absolute Gasteiger partial charge is 0.234 e. The summed E-state index contributed by atoms with van der Waals surface area (Å²) in [6.07, 6.45) is 0.884. The first-order valence-electron chi connectivity index (χ1n) is 6.44. The number of amides is 1. The van der Waals surface area contributed by atoms with Gasteiger partial charge in [0.15, 0.2) is 0 Å². The van der Waals surface area contributed by atoms with E-state index in [1.807, 2.05) is 26.1 Å². The summed E-state index contributed by atoms with van der Waals surface area (Å²) in [4.78, 5) is 13.7. The molecule has 0 saturated carbocycles. The molecule has 3 N–H and O–H groups in total. The first kappa shape index (κ1) is 13.1. The van der Waals surface area contributed by atoms with Crippen molar-refractivity contribution in [1.29, 1.82) is 0 Å². The zero-order chi connectivity index (χ0) is 13.1. The molecule has 98 valence electrons. The van der Waals surface area contributed by atoms with E-state index in [9.17, 15) is 4.79 Å². The lowest BCUT2D eigenvalue weighted by molar-refractivity contribution is -0.122. The number of carbonyl (C=O) groups is 1. The van der Waals surface area contributed by atoms with Crippen LogP contribution in [0.15, 0.2) is 24.3 Å². The van der Waals surface area contributed by atoms with Gasteiger partial charge in [0, 0.05) is 18.6 Å². The Balaban J connectivity index is 2.09. The lowest BCUT2D eigenvalue weighted by atomic mass is 10.1. The fourth-order valence-corrected chi connectivity index (χ4v) is 2.65. The zero-order valence-corrected chi connectivity index (χ0v) is 11.0. The molecule has 0 radical (unpaired) electrons. The molecule has 0 aromatic heterocycles. The molecule has 1 aliphatic carbocycles. The molecule has 0 heterocycles. The van der Waals surface area contributed by atoms with Gasteiger partial charge in [-0.05, 0) is 31.5 Å². The van der Waals surface area contributed by atoms with E-state index in [2.05, 4.69) is 22.3 Å². The van der Waals surface area contributed by atoms with Gasteiger partial charge in [-0.3, -0.25) is 9.69 Å². The van der Waals surface area contributed by atoms with E-state index >= 15 is 0 Å². The lowest BCUT2D eigenvalue weighted by Crippen LogP contribution is -2.36. The van der Waals surface area contributed by atoms with Crippen molar-refractivity contribution in [2.24, 2.45) is 5.73 Å². The van der Waals surface area contributed by atoms with Crippen molar-refractivity contribution in [1.82, 2.24) is 10.2 Å². The van der Waals surface area contributed by atoms with Crippen molar-refractivity contribution in [3.8, 4) is 0 Å². The van der Waals surface area contributed by atoms with Gasteiger partial charge in [0.2, 0.25) is 5.91 Å². The molecule has 0 fully saturated rings. The van der Waals surface area contributed by atoms with Crippen LogP contribution in [0.3, 0.4) is 0 Å². The van der Waals surface area contributed by atoms with Gasteiger partial charge in [-0.15, -0.1) is 0 Å². The first-order chi connectivity index (χ1) is 8.63. The number of fused-ring (bicyclic) bond motifs is 1. The van der Waals surface area contributed by atoms with E-state index < -0.39 is 0 Å². The Morgan fingerprint density at radius 1 is 1.44 bits per heavy atom. The number of nitrogens with two attached hydrogens (primary N) is 1. The second-order valence-electron chi connectivity index (χ2n) is 4.86. The molecular formula is C14H21N3O. The van der Waals surface area contributed by atoms with E-state index in [0.29, 0.717) is 13.1 Å². The van der Waals surface area contributed by atoms with Crippen LogP contribution in [0.1, 0.15) is 36.6 Å². The minimum Gasteiger partial charge on any atom is -0.355 e. The number of nitrogens with zero attached hydrogens (tertiary/aromatic N) is 1. The maximum absolute atomic E-state index is 11.6. The largest absolute Gasteiger partial charge is 0.355 e. The van der Waals surface area contributed by atoms with E-state index in [0.717, 1.165) is 6.42 Å². The summed E-state index contributed by atoms with van der Waals surface area (Å²) in [7, 11) is 1.98. The number of carbonyl (C=O) groups excluding carboxylic acids is 1. The van der Waals surface area contributed by atoms with Gasteiger partial charge >= 0.3 is 0 Å². The van der Waals surface area contributed by atoms with E-state index in [1.165, 1.54) is 11.1 Å². The molecule has 2 unspecified atom stereocenters. The molecule has 1 aromatic rings. The number of benzene rings is 1. The van der Waals surface area contributed by atoms with Crippen molar-refractivity contribution in [3.05, 3.63) is 35.4 Å². The molecule has 1 aliphatic rings. The highest BCUT2D eigenvalue weighted by atomic mass is 16.2. The molecule has 0 saturated heterocycles. The maximum Gasteiger partial charge on any atom is 0.234 e. The van der Waals surface area contributed by atoms with Gasteiger partial charge in [0.25, 0.3) is 0 Å². The minimum absolute atomic E-state index is 0.0675. The topological polar surface area (TPSA) is 58.4 Å². The van der Waals surface area contributed by atoms with Crippen LogP contribution in [-0.2, 0) is 4.79 Å². The quantitative estimate of drug-likeness (QED) is 0.840. The Bertz CT molecular complexity index is 433. The molecule has 2 atom stereocenters. The average molecular weight is 247 g/mol. The first-order valence-corrected chi connectivity index (χ1v) is 6.44. The van der Waals surface area contributed by atoms with Gasteiger partial charge in [0.05, 0.1) is 6.54 Å². The highest BCUT2D eigenvalue weighted by Crippen LogP contribution is 2.39. The van der Waals surface area contributed by atoms with Crippen LogP contribution in [0.4, 0.5) is 0 Å². The Morgan fingerprint density at radius 2 is 2.11 bits per heavy atom. The van der Waals surface area contributed by atoms with Crippen LogP contribution in [-0.4, -0.2) is 30.9 Å². The third-order valence-electron chi connectivity index (χ3n) is 3.53. The second-order valence-corrected chi connectivity index (χ2v) is 4.86. The maximum atomic E-state index is 11.6. The third kappa shape index (κ3) is 2.54. The number of hydrogen-bond donors (Lipinski definition) is 2. The standard InChI is InChI=1S/C14H21N3O/c1-3-16-14(18)9-17(2)13-8-12(15)10-6-4-5-7-11(10)13/h4-7,12-13H,3,8-9,15H2,1-2H3,(H,16,18). The fraction of sp³-hybridized carbons (Fsp3) is 0.500. The Morgan fingerprint density at radius 3 is 2.78 bits per heavy atom. The Labute approximate surface area is 108 Å². The van der Waals surface area contributed by atoms with Crippen LogP contribution < -0.4 is 11.1 Å². The van der Waals surface area contributed by atoms with Crippen LogP contribution in [0.2, 0.25) is 0 Å². The van der Waals surface area contributed by atoms with E-state index in [4.69, 9.17) is 5.73 Å². The third-order valence-corrected chi connectivity index (χ3v) is 3.53. The van der Waals surface area contributed by atoms with Crippen LogP contribution >= 0.6 is 0 Å². The van der Waals surface area contributed by atoms with Gasteiger partial charge in [-0.1, -0.05) is 24.3 Å². The predicted molar refractivity (Wildman–Crippen MR) is 72.0 cm³/mol. The summed E-state index contributed by atoms with van der Waals surface area (Å²) in [5.74, 6) is 0.0675. The minimum atomic E-state index is 0.0675. The zero-order valence-electron chi connectivity index (χ0n) is 11.0. The monoisotopic (exact) mass is 247 g/mol. The van der Waals surface area contributed by atoms with Crippen molar-refractivity contribution >= 4 is 5.91 Å². The Hall–Kier alpha value is -1.39. The fourth-order valence-electron chi connectivity index (χ4n) is 2.65. The molecule has 0 bridgehead atoms. The molecule has 4 nitrogen and oxygen atoms in total. The highest BCUT2D eigenvalue weighted by molar-refractivity contribution is 5.78. The van der Waals surface area contributed by atoms with Gasteiger partial charge in [-0.2, -0.15) is 0 Å². The Kier molecular flexibility index (Phi) is 3.99. The van der Waals surface area contributed by atoms with E-state index in [1.54, 1.807) is 0 Å². The van der Waals surface area contributed by atoms with Gasteiger partial charge in [-0.25, -0.2) is 0 Å². The molecule has 0 aliphatic heterocycles. The average Bonchev–Trinajstić information content (AvgIpc) is 2.68. The van der Waals surface area contributed by atoms with Crippen molar-refractivity contribution in [3.63, 3.8) is 0 Å². The van der Waals surface area contributed by atoms with Crippen LogP contribution in [0.25, 0.3) is 0 Å². The van der Waals surface area contributed by atoms with E-state index in [-0.39, 0.29) is 18.0 Å². The van der Waals surface area contributed by atoms with Gasteiger partial charge < -0.3 is 11.1 Å². The lowest BCUT2D eigenvalue weighted by Gasteiger charge is -2.24. The van der Waals surface area contributed by atoms with Crippen molar-refractivity contribution in [2.45, 2.75) is 25.4 Å². The predicted octanol–water partition coefficient (Wildman–Crippen LogP) is 1.20. The molecule has 18 heavy (non-hydrogen) atoms. The molecular weight excluding hydrogens is 226 g/mol. The molecule has 0 spiro atoms. The van der Waals surface area contributed by atoms with Gasteiger partial charge in [0.1, 0.15) is 0 Å². The number of rotatable bonds is 4. The summed E-state index contributed by atoms with van der Waals surface area (Å²) in [5, 5.41) is 2.82. The summed E-state index contributed by atoms with van der Waals surface area (Å²) >= 11 is 0. The molecule has 2 rings (SSSR count). The van der Waals surface area contributed by atoms with Crippen molar-refractivity contribution < 1.29 is 4.79 Å². The SMILES string of the molecule is CCNC(=O)CN(C)C1CC(N)c2ccccc21.